The molecule has 2 aromatic carbocycles. The summed E-state index contributed by atoms with van der Waals surface area (Å²) in [6.07, 6.45) is 0. The molecule has 0 bridgehead atoms. The molecule has 0 saturated carbocycles. The quantitative estimate of drug-likeness (QED) is 0.300. The van der Waals surface area contributed by atoms with E-state index in [9.17, 15) is 4.79 Å². The highest BCUT2D eigenvalue weighted by Crippen LogP contribution is 2.40. The van der Waals surface area contributed by atoms with Gasteiger partial charge in [-0.15, -0.1) is 17.0 Å². The fraction of sp³-hybridized carbons (Fsp3) is 0.548. The molecular weight excluding hydrogens is 607 g/mol. The molecule has 0 spiro atoms. The molecule has 2 aliphatic rings. The zero-order chi connectivity index (χ0) is 29.7. The Morgan fingerprint density at radius 1 is 1.10 bits per heavy atom. The number of methoxy groups -OCH3 is 1. The third kappa shape index (κ3) is 7.36. The number of carbonyl (C=O) groups is 1. The average Bonchev–Trinajstić information content (AvgIpc) is 3.25. The number of morpholine rings is 1. The molecule has 0 aliphatic carbocycles. The van der Waals surface area contributed by atoms with Gasteiger partial charge >= 0.3 is 0 Å². The van der Waals surface area contributed by atoms with Gasteiger partial charge in [-0.2, -0.15) is 0 Å². The van der Waals surface area contributed by atoms with E-state index in [0.717, 1.165) is 44.1 Å². The predicted octanol–water partition coefficient (Wildman–Crippen LogP) is 5.28. The van der Waals surface area contributed by atoms with Crippen LogP contribution in [-0.2, 0) is 16.7 Å². The number of hydrogen-bond donors (Lipinski definition) is 2. The molecule has 4 rings (SSSR count). The number of carbonyl (C=O) groups excluding carboxylic acids is 1. The van der Waals surface area contributed by atoms with Crippen molar-refractivity contribution < 1.29 is 28.1 Å². The topological polar surface area (TPSA) is 96.4 Å². The lowest BCUT2D eigenvalue weighted by Gasteiger charge is -2.28. The monoisotopic (exact) mass is 650 g/mol. The summed E-state index contributed by atoms with van der Waals surface area (Å²) in [5.41, 5.74) is 2.65. The molecule has 1 saturated heterocycles. The van der Waals surface area contributed by atoms with E-state index in [-0.39, 0.29) is 65.0 Å². The van der Waals surface area contributed by atoms with E-state index in [2.05, 4.69) is 31.0 Å². The molecule has 2 N–H and O–H groups in total. The molecule has 42 heavy (non-hydrogen) atoms. The van der Waals surface area contributed by atoms with Gasteiger partial charge in [-0.25, -0.2) is 4.39 Å². The van der Waals surface area contributed by atoms with Crippen molar-refractivity contribution in [1.82, 2.24) is 9.80 Å². The number of amidine groups is 1. The van der Waals surface area contributed by atoms with Crippen LogP contribution in [0.4, 0.5) is 10.1 Å². The summed E-state index contributed by atoms with van der Waals surface area (Å²) in [4.78, 5) is 17.6. The van der Waals surface area contributed by atoms with Crippen LogP contribution in [-0.4, -0.2) is 87.7 Å². The lowest BCUT2D eigenvalue weighted by Crippen LogP contribution is -2.39. The van der Waals surface area contributed by atoms with Crippen LogP contribution in [0.1, 0.15) is 61.7 Å². The van der Waals surface area contributed by atoms with Gasteiger partial charge in [0.05, 0.1) is 51.3 Å². The highest BCUT2D eigenvalue weighted by atomic mass is 79.9. The molecule has 0 amide bonds. The summed E-state index contributed by atoms with van der Waals surface area (Å²) < 4.78 is 37.9. The lowest BCUT2D eigenvalue weighted by atomic mass is 9.84. The van der Waals surface area contributed by atoms with Crippen LogP contribution in [0.2, 0.25) is 0 Å². The van der Waals surface area contributed by atoms with Gasteiger partial charge < -0.3 is 29.2 Å². The number of fused-ring (bicyclic) bond motifs is 1. The van der Waals surface area contributed by atoms with Gasteiger partial charge in [0.25, 0.3) is 0 Å². The number of anilines is 1. The second kappa shape index (κ2) is 14.5. The second-order valence-corrected chi connectivity index (χ2v) is 11.3. The van der Waals surface area contributed by atoms with Crippen LogP contribution in [0.5, 0.6) is 17.2 Å². The van der Waals surface area contributed by atoms with Crippen molar-refractivity contribution >= 4 is 34.3 Å². The van der Waals surface area contributed by atoms with E-state index >= 15 is 4.39 Å². The summed E-state index contributed by atoms with van der Waals surface area (Å²) >= 11 is 0. The molecule has 232 valence electrons. The SMILES string of the molecule is Br.CCOc1cc2c(c(F)c1OCC)C(=N)N(CC(=O)c1cc(NCCN3CCOCC3)c(OC)c(C(C)(C)C)c1)C2. The summed E-state index contributed by atoms with van der Waals surface area (Å²) in [5.74, 6) is 0.198. The lowest BCUT2D eigenvalue weighted by molar-refractivity contribution is 0.0398. The van der Waals surface area contributed by atoms with Crippen molar-refractivity contribution in [2.75, 3.05) is 71.6 Å². The second-order valence-electron chi connectivity index (χ2n) is 11.3. The zero-order valence-corrected chi connectivity index (χ0v) is 27.2. The molecule has 1 fully saturated rings. The number of ether oxygens (including phenoxy) is 4. The number of nitrogens with zero attached hydrogens (tertiary/aromatic N) is 2. The summed E-state index contributed by atoms with van der Waals surface area (Å²) in [6.45, 7) is 15.4. The van der Waals surface area contributed by atoms with Crippen LogP contribution in [0, 0.1) is 11.2 Å². The van der Waals surface area contributed by atoms with Crippen molar-refractivity contribution in [3.8, 4) is 17.2 Å². The largest absolute Gasteiger partial charge is 0.494 e. The number of benzene rings is 2. The molecule has 0 aromatic heterocycles. The van der Waals surface area contributed by atoms with Crippen LogP contribution >= 0.6 is 17.0 Å². The van der Waals surface area contributed by atoms with Crippen molar-refractivity contribution in [3.63, 3.8) is 0 Å². The van der Waals surface area contributed by atoms with Crippen molar-refractivity contribution in [1.29, 1.82) is 5.41 Å². The van der Waals surface area contributed by atoms with Crippen LogP contribution in [0.25, 0.3) is 0 Å². The standard InChI is InChI=1S/C31H43FN4O5.BrH/c1-7-40-25-17-21-18-36(30(33)26(21)27(32)29(25)41-8-2)19-24(37)20-15-22(31(3,4)5)28(38-6)23(16-20)34-9-10-35-11-13-39-14-12-35;/h15-17,33-34H,7-14,18-19H2,1-6H3;1H. The van der Waals surface area contributed by atoms with E-state index in [0.29, 0.717) is 35.8 Å². The van der Waals surface area contributed by atoms with Gasteiger partial charge in [0.2, 0.25) is 0 Å². The Balaban J connectivity index is 0.00000484. The third-order valence-corrected chi connectivity index (χ3v) is 7.38. The van der Waals surface area contributed by atoms with Crippen molar-refractivity contribution in [3.05, 3.63) is 46.3 Å². The molecule has 9 nitrogen and oxygen atoms in total. The van der Waals surface area contributed by atoms with Gasteiger partial charge in [-0.1, -0.05) is 20.8 Å². The Morgan fingerprint density at radius 2 is 1.79 bits per heavy atom. The summed E-state index contributed by atoms with van der Waals surface area (Å²) in [6, 6.07) is 5.42. The minimum Gasteiger partial charge on any atom is -0.494 e. The van der Waals surface area contributed by atoms with Gasteiger partial charge in [0, 0.05) is 43.9 Å². The van der Waals surface area contributed by atoms with E-state index in [4.69, 9.17) is 24.4 Å². The highest BCUT2D eigenvalue weighted by Gasteiger charge is 2.33. The molecular formula is C31H44BrFN4O5. The molecule has 0 atom stereocenters. The maximum absolute atomic E-state index is 15.5. The van der Waals surface area contributed by atoms with Gasteiger partial charge in [-0.3, -0.25) is 15.1 Å². The van der Waals surface area contributed by atoms with Crippen LogP contribution in [0.3, 0.4) is 0 Å². The first-order valence-electron chi connectivity index (χ1n) is 14.3. The normalized spacial score (nSPS) is 15.2. The number of ketones is 1. The Bertz CT molecular complexity index is 1280. The Morgan fingerprint density at radius 3 is 2.40 bits per heavy atom. The Hall–Kier alpha value is -2.89. The molecule has 0 radical (unpaired) electrons. The first-order valence-corrected chi connectivity index (χ1v) is 14.3. The minimum absolute atomic E-state index is 0. The van der Waals surface area contributed by atoms with Gasteiger partial charge in [0.1, 0.15) is 11.6 Å². The number of Topliss-reactive ketones (excluding diaryl/α,β-unsaturated/α-hetero) is 1. The zero-order valence-electron chi connectivity index (χ0n) is 25.5. The molecule has 2 aliphatic heterocycles. The summed E-state index contributed by atoms with van der Waals surface area (Å²) in [7, 11) is 1.64. The number of nitrogens with one attached hydrogen (secondary N) is 2. The molecule has 11 heteroatoms. The number of hydrogen-bond acceptors (Lipinski definition) is 8. The van der Waals surface area contributed by atoms with E-state index in [1.165, 1.54) is 0 Å². The molecule has 2 aromatic rings. The van der Waals surface area contributed by atoms with Crippen molar-refractivity contribution in [2.24, 2.45) is 0 Å². The van der Waals surface area contributed by atoms with E-state index in [1.54, 1.807) is 25.0 Å². The minimum atomic E-state index is -0.626. The predicted molar refractivity (Wildman–Crippen MR) is 168 cm³/mol. The van der Waals surface area contributed by atoms with Gasteiger partial charge in [0.15, 0.2) is 23.1 Å². The molecule has 0 unspecified atom stereocenters. The average molecular weight is 652 g/mol. The van der Waals surface area contributed by atoms with Crippen LogP contribution in [0.15, 0.2) is 18.2 Å². The summed E-state index contributed by atoms with van der Waals surface area (Å²) in [5, 5.41) is 12.2. The highest BCUT2D eigenvalue weighted by molar-refractivity contribution is 8.93. The number of halogens is 2. The Kier molecular flexibility index (Phi) is 11.6. The number of rotatable bonds is 12. The fourth-order valence-corrected chi connectivity index (χ4v) is 5.29. The van der Waals surface area contributed by atoms with E-state index < -0.39 is 5.82 Å². The smallest absolute Gasteiger partial charge is 0.197 e. The fourth-order valence-electron chi connectivity index (χ4n) is 5.29. The van der Waals surface area contributed by atoms with Gasteiger partial charge in [-0.05, 0) is 43.0 Å². The maximum atomic E-state index is 15.5. The first kappa shape index (κ1) is 33.6. The van der Waals surface area contributed by atoms with Crippen LogP contribution < -0.4 is 19.5 Å². The van der Waals surface area contributed by atoms with Crippen molar-refractivity contribution in [2.45, 2.75) is 46.6 Å². The Labute approximate surface area is 258 Å². The third-order valence-electron chi connectivity index (χ3n) is 7.38. The van der Waals surface area contributed by atoms with E-state index in [1.807, 2.05) is 19.1 Å². The maximum Gasteiger partial charge on any atom is 0.197 e. The first-order chi connectivity index (χ1) is 19.6. The molecule has 2 heterocycles.